The Morgan fingerprint density at radius 1 is 1.45 bits per heavy atom. The van der Waals surface area contributed by atoms with E-state index in [1.165, 1.54) is 11.3 Å². The van der Waals surface area contributed by atoms with E-state index in [4.69, 9.17) is 4.74 Å². The molecule has 1 aromatic heterocycles. The van der Waals surface area contributed by atoms with Crippen molar-refractivity contribution >= 4 is 23.3 Å². The summed E-state index contributed by atoms with van der Waals surface area (Å²) in [6.45, 7) is 7.43. The maximum absolute atomic E-state index is 12.4. The van der Waals surface area contributed by atoms with E-state index in [-0.39, 0.29) is 18.0 Å². The number of rotatable bonds is 1. The molecule has 0 unspecified atom stereocenters. The van der Waals surface area contributed by atoms with Gasteiger partial charge in [-0.3, -0.25) is 4.79 Å². The van der Waals surface area contributed by atoms with E-state index in [1.54, 1.807) is 10.4 Å². The third-order valence-electron chi connectivity index (χ3n) is 3.91. The summed E-state index contributed by atoms with van der Waals surface area (Å²) < 4.78 is 5.44. The molecule has 3 heterocycles. The molecule has 1 fully saturated rings. The number of piperidine rings is 1. The maximum atomic E-state index is 12.4. The average Bonchev–Trinajstić information content (AvgIpc) is 3.01. The van der Waals surface area contributed by atoms with E-state index in [2.05, 4.69) is 4.98 Å². The van der Waals surface area contributed by atoms with Crippen LogP contribution in [0.5, 0.6) is 0 Å². The predicted molar refractivity (Wildman–Crippen MR) is 82.8 cm³/mol. The Balaban J connectivity index is 1.66. The van der Waals surface area contributed by atoms with Crippen molar-refractivity contribution in [3.63, 3.8) is 0 Å². The van der Waals surface area contributed by atoms with Crippen molar-refractivity contribution in [1.29, 1.82) is 0 Å². The van der Waals surface area contributed by atoms with Crippen LogP contribution in [0.3, 0.4) is 0 Å². The van der Waals surface area contributed by atoms with E-state index in [0.717, 1.165) is 17.7 Å². The fourth-order valence-electron chi connectivity index (χ4n) is 2.92. The number of thiazole rings is 1. The Bertz CT molecular complexity index is 593. The molecule has 1 saturated heterocycles. The van der Waals surface area contributed by atoms with Crippen LogP contribution in [0, 0.1) is 0 Å². The highest BCUT2D eigenvalue weighted by molar-refractivity contribution is 7.10. The van der Waals surface area contributed by atoms with Crippen LogP contribution in [-0.4, -0.2) is 51.5 Å². The van der Waals surface area contributed by atoms with Gasteiger partial charge in [-0.2, -0.15) is 0 Å². The van der Waals surface area contributed by atoms with Gasteiger partial charge < -0.3 is 14.5 Å². The third-order valence-corrected chi connectivity index (χ3v) is 4.73. The number of ether oxygens (including phenoxy) is 1. The summed E-state index contributed by atoms with van der Waals surface area (Å²) >= 11 is 1.52. The third kappa shape index (κ3) is 2.95. The molecule has 120 valence electrons. The van der Waals surface area contributed by atoms with Gasteiger partial charge in [0.15, 0.2) is 0 Å². The standard InChI is InChI=1S/C15H21N3O3S/c1-15(2,3)21-14(20)17-6-4-5-10(7-17)18-8-11-12(13(18)19)16-9-22-11/h9-10H,4-8H2,1-3H3/t10-/m0/s1. The molecule has 0 aliphatic carbocycles. The van der Waals surface area contributed by atoms with Crippen molar-refractivity contribution in [1.82, 2.24) is 14.8 Å². The minimum atomic E-state index is -0.498. The predicted octanol–water partition coefficient (Wildman–Crippen LogP) is 2.50. The molecule has 2 aliphatic heterocycles. The Morgan fingerprint density at radius 2 is 2.23 bits per heavy atom. The second kappa shape index (κ2) is 5.53. The van der Waals surface area contributed by atoms with Crippen LogP contribution in [0.15, 0.2) is 5.51 Å². The molecule has 3 rings (SSSR count). The number of aromatic nitrogens is 1. The number of carbonyl (C=O) groups is 2. The number of amides is 2. The zero-order chi connectivity index (χ0) is 15.9. The lowest BCUT2D eigenvalue weighted by molar-refractivity contribution is 0.0106. The van der Waals surface area contributed by atoms with E-state index in [1.807, 2.05) is 25.7 Å². The van der Waals surface area contributed by atoms with Gasteiger partial charge in [0.2, 0.25) is 0 Å². The Hall–Kier alpha value is -1.63. The van der Waals surface area contributed by atoms with E-state index in [0.29, 0.717) is 25.3 Å². The Kier molecular flexibility index (Phi) is 3.84. The molecule has 7 heteroatoms. The average molecular weight is 323 g/mol. The van der Waals surface area contributed by atoms with Gasteiger partial charge in [0.1, 0.15) is 11.3 Å². The molecule has 2 aliphatic rings. The van der Waals surface area contributed by atoms with Crippen molar-refractivity contribution in [2.75, 3.05) is 13.1 Å². The first-order chi connectivity index (χ1) is 10.3. The molecule has 0 radical (unpaired) electrons. The number of likely N-dealkylation sites (tertiary alicyclic amines) is 1. The van der Waals surface area contributed by atoms with Crippen LogP contribution in [-0.2, 0) is 11.3 Å². The maximum Gasteiger partial charge on any atom is 0.410 e. The molecule has 0 N–H and O–H groups in total. The Labute approximate surface area is 134 Å². The van der Waals surface area contributed by atoms with Crippen LogP contribution in [0.1, 0.15) is 49.0 Å². The zero-order valence-corrected chi connectivity index (χ0v) is 14.0. The minimum Gasteiger partial charge on any atom is -0.444 e. The fraction of sp³-hybridized carbons (Fsp3) is 0.667. The smallest absolute Gasteiger partial charge is 0.410 e. The minimum absolute atomic E-state index is 0.00714. The number of hydrogen-bond donors (Lipinski definition) is 0. The second-order valence-electron chi connectivity index (χ2n) is 6.78. The molecule has 1 atom stereocenters. The van der Waals surface area contributed by atoms with Gasteiger partial charge in [0.25, 0.3) is 5.91 Å². The summed E-state index contributed by atoms with van der Waals surface area (Å²) in [5.74, 6) is -0.00714. The van der Waals surface area contributed by atoms with Gasteiger partial charge in [0, 0.05) is 13.1 Å². The van der Waals surface area contributed by atoms with Crippen LogP contribution in [0.2, 0.25) is 0 Å². The van der Waals surface area contributed by atoms with Crippen LogP contribution >= 0.6 is 11.3 Å². The molecule has 0 aromatic carbocycles. The second-order valence-corrected chi connectivity index (χ2v) is 7.72. The first-order valence-electron chi connectivity index (χ1n) is 7.56. The Morgan fingerprint density at radius 3 is 2.91 bits per heavy atom. The van der Waals surface area contributed by atoms with E-state index < -0.39 is 5.60 Å². The quantitative estimate of drug-likeness (QED) is 0.796. The largest absolute Gasteiger partial charge is 0.444 e. The summed E-state index contributed by atoms with van der Waals surface area (Å²) in [6, 6.07) is 0.0511. The van der Waals surface area contributed by atoms with Gasteiger partial charge in [-0.1, -0.05) is 0 Å². The SMILES string of the molecule is CC(C)(C)OC(=O)N1CCC[C@H](N2Cc3scnc3C2=O)C1. The molecular formula is C15H21N3O3S. The van der Waals surface area contributed by atoms with Crippen molar-refractivity contribution < 1.29 is 14.3 Å². The topological polar surface area (TPSA) is 62.7 Å². The molecule has 6 nitrogen and oxygen atoms in total. The molecule has 0 bridgehead atoms. The monoisotopic (exact) mass is 323 g/mol. The van der Waals surface area contributed by atoms with Crippen LogP contribution < -0.4 is 0 Å². The van der Waals surface area contributed by atoms with Gasteiger partial charge >= 0.3 is 6.09 Å². The van der Waals surface area contributed by atoms with Crippen molar-refractivity contribution in [2.24, 2.45) is 0 Å². The molecule has 0 saturated carbocycles. The number of nitrogens with zero attached hydrogens (tertiary/aromatic N) is 3. The lowest BCUT2D eigenvalue weighted by atomic mass is 10.0. The lowest BCUT2D eigenvalue weighted by Crippen LogP contribution is -2.51. The normalized spacial score (nSPS) is 22.0. The highest BCUT2D eigenvalue weighted by atomic mass is 32.1. The summed E-state index contributed by atoms with van der Waals surface area (Å²) in [4.78, 5) is 33.4. The number of carbonyl (C=O) groups excluding carboxylic acids is 2. The highest BCUT2D eigenvalue weighted by Gasteiger charge is 2.38. The van der Waals surface area contributed by atoms with Gasteiger partial charge in [-0.15, -0.1) is 11.3 Å². The first kappa shape index (κ1) is 15.3. The fourth-order valence-corrected chi connectivity index (χ4v) is 3.67. The molecule has 2 amide bonds. The number of fused-ring (bicyclic) bond motifs is 1. The summed E-state index contributed by atoms with van der Waals surface area (Å²) in [6.07, 6.45) is 1.51. The van der Waals surface area contributed by atoms with Crippen LogP contribution in [0.25, 0.3) is 0 Å². The molecular weight excluding hydrogens is 302 g/mol. The molecule has 1 aromatic rings. The molecule has 22 heavy (non-hydrogen) atoms. The first-order valence-corrected chi connectivity index (χ1v) is 8.44. The lowest BCUT2D eigenvalue weighted by Gasteiger charge is -2.37. The number of hydrogen-bond acceptors (Lipinski definition) is 5. The highest BCUT2D eigenvalue weighted by Crippen LogP contribution is 2.29. The van der Waals surface area contributed by atoms with Gasteiger partial charge in [-0.25, -0.2) is 9.78 Å². The van der Waals surface area contributed by atoms with E-state index in [9.17, 15) is 9.59 Å². The van der Waals surface area contributed by atoms with Crippen molar-refractivity contribution in [3.05, 3.63) is 16.1 Å². The summed E-state index contributed by atoms with van der Waals surface area (Å²) in [5, 5.41) is 0. The van der Waals surface area contributed by atoms with Crippen molar-refractivity contribution in [2.45, 2.75) is 51.8 Å². The van der Waals surface area contributed by atoms with Crippen LogP contribution in [0.4, 0.5) is 4.79 Å². The summed E-state index contributed by atoms with van der Waals surface area (Å²) in [7, 11) is 0. The van der Waals surface area contributed by atoms with Crippen molar-refractivity contribution in [3.8, 4) is 0 Å². The van der Waals surface area contributed by atoms with Gasteiger partial charge in [0.05, 0.1) is 23.0 Å². The summed E-state index contributed by atoms with van der Waals surface area (Å²) in [5.41, 5.74) is 1.80. The zero-order valence-electron chi connectivity index (χ0n) is 13.2. The molecule has 0 spiro atoms. The van der Waals surface area contributed by atoms with Gasteiger partial charge in [-0.05, 0) is 33.6 Å². The van der Waals surface area contributed by atoms with E-state index >= 15 is 0 Å².